The number of carbonyl (C=O) groups is 1. The Bertz CT molecular complexity index is 492. The smallest absolute Gasteiger partial charge is 0.358 e. The van der Waals surface area contributed by atoms with Crippen LogP contribution >= 0.6 is 27.3 Å². The van der Waals surface area contributed by atoms with E-state index in [0.717, 1.165) is 4.88 Å². The van der Waals surface area contributed by atoms with Gasteiger partial charge >= 0.3 is 5.97 Å². The second kappa shape index (κ2) is 4.80. The van der Waals surface area contributed by atoms with Crippen molar-refractivity contribution in [3.8, 4) is 10.6 Å². The average Bonchev–Trinajstić information content (AvgIpc) is 2.84. The zero-order chi connectivity index (χ0) is 11.5. The molecule has 6 heteroatoms. The monoisotopic (exact) mass is 301 g/mol. The molecule has 2 heterocycles. The molecular formula is C10H8BrNO3S. The molecule has 4 nitrogen and oxygen atoms in total. The number of carboxylic acid groups (broad SMARTS) is 1. The summed E-state index contributed by atoms with van der Waals surface area (Å²) in [5.41, 5.74) is 0.648. The Kier molecular flexibility index (Phi) is 3.40. The molecule has 0 unspecified atom stereocenters. The maximum Gasteiger partial charge on any atom is 0.358 e. The molecule has 0 aliphatic rings. The highest BCUT2D eigenvalue weighted by atomic mass is 79.9. The first kappa shape index (κ1) is 11.3. The number of hydrogen-bond donors (Lipinski definition) is 1. The SMILES string of the molecule is O=C(O)c1noc(-c2cccs2)c1CCBr. The number of aromatic carboxylic acids is 1. The van der Waals surface area contributed by atoms with Gasteiger partial charge in [-0.25, -0.2) is 4.79 Å². The molecule has 2 aromatic rings. The molecule has 0 atom stereocenters. The van der Waals surface area contributed by atoms with Gasteiger partial charge in [-0.2, -0.15) is 0 Å². The fourth-order valence-corrected chi connectivity index (χ4v) is 2.53. The number of nitrogens with zero attached hydrogens (tertiary/aromatic N) is 1. The second-order valence-corrected chi connectivity index (χ2v) is 4.80. The summed E-state index contributed by atoms with van der Waals surface area (Å²) in [4.78, 5) is 11.8. The Hall–Kier alpha value is -1.14. The van der Waals surface area contributed by atoms with Crippen LogP contribution in [0.4, 0.5) is 0 Å². The van der Waals surface area contributed by atoms with Crippen molar-refractivity contribution < 1.29 is 14.4 Å². The van der Waals surface area contributed by atoms with Gasteiger partial charge in [-0.1, -0.05) is 27.2 Å². The van der Waals surface area contributed by atoms with Crippen LogP contribution in [0.5, 0.6) is 0 Å². The maximum absolute atomic E-state index is 10.9. The van der Waals surface area contributed by atoms with Crippen molar-refractivity contribution in [1.82, 2.24) is 5.16 Å². The number of alkyl halides is 1. The molecule has 2 aromatic heterocycles. The molecule has 0 bridgehead atoms. The molecule has 0 amide bonds. The molecule has 0 aliphatic carbocycles. The first-order chi connectivity index (χ1) is 7.74. The lowest BCUT2D eigenvalue weighted by atomic mass is 10.1. The van der Waals surface area contributed by atoms with Crippen molar-refractivity contribution in [3.05, 3.63) is 28.8 Å². The zero-order valence-corrected chi connectivity index (χ0v) is 10.5. The summed E-state index contributed by atoms with van der Waals surface area (Å²) in [6, 6.07) is 3.77. The number of carboxylic acids is 1. The Labute approximate surface area is 104 Å². The summed E-state index contributed by atoms with van der Waals surface area (Å²) in [6.07, 6.45) is 0.582. The molecule has 0 radical (unpaired) electrons. The van der Waals surface area contributed by atoms with E-state index in [1.165, 1.54) is 11.3 Å². The lowest BCUT2D eigenvalue weighted by Crippen LogP contribution is -2.02. The molecule has 84 valence electrons. The number of hydrogen-bond acceptors (Lipinski definition) is 4. The van der Waals surface area contributed by atoms with Gasteiger partial charge in [0.2, 0.25) is 0 Å². The van der Waals surface area contributed by atoms with Crippen LogP contribution in [0, 0.1) is 0 Å². The molecule has 0 spiro atoms. The summed E-state index contributed by atoms with van der Waals surface area (Å²) < 4.78 is 5.11. The predicted molar refractivity (Wildman–Crippen MR) is 64.3 cm³/mol. The highest BCUT2D eigenvalue weighted by Crippen LogP contribution is 2.30. The summed E-state index contributed by atoms with van der Waals surface area (Å²) >= 11 is 4.79. The Morgan fingerprint density at radius 2 is 2.44 bits per heavy atom. The normalized spacial score (nSPS) is 10.6. The Balaban J connectivity index is 2.50. The molecule has 16 heavy (non-hydrogen) atoms. The second-order valence-electron chi connectivity index (χ2n) is 3.06. The van der Waals surface area contributed by atoms with E-state index in [9.17, 15) is 4.79 Å². The van der Waals surface area contributed by atoms with Gasteiger partial charge in [-0.05, 0) is 17.9 Å². The molecular weight excluding hydrogens is 294 g/mol. The van der Waals surface area contributed by atoms with Crippen LogP contribution in [0.25, 0.3) is 10.6 Å². The van der Waals surface area contributed by atoms with Gasteiger partial charge in [0.1, 0.15) is 0 Å². The van der Waals surface area contributed by atoms with Crippen LogP contribution in [-0.4, -0.2) is 21.6 Å². The van der Waals surface area contributed by atoms with Gasteiger partial charge in [0.05, 0.1) is 4.88 Å². The minimum atomic E-state index is -1.05. The van der Waals surface area contributed by atoms with E-state index in [1.54, 1.807) is 0 Å². The van der Waals surface area contributed by atoms with E-state index in [4.69, 9.17) is 9.63 Å². The van der Waals surface area contributed by atoms with E-state index < -0.39 is 5.97 Å². The van der Waals surface area contributed by atoms with Gasteiger partial charge in [0, 0.05) is 10.9 Å². The summed E-state index contributed by atoms with van der Waals surface area (Å²) in [7, 11) is 0. The molecule has 0 fully saturated rings. The third kappa shape index (κ3) is 2.03. The summed E-state index contributed by atoms with van der Waals surface area (Å²) in [5, 5.41) is 15.2. The number of thiophene rings is 1. The zero-order valence-electron chi connectivity index (χ0n) is 8.14. The molecule has 0 saturated carbocycles. The molecule has 0 aromatic carbocycles. The summed E-state index contributed by atoms with van der Waals surface area (Å²) in [5.74, 6) is -0.491. The fourth-order valence-electron chi connectivity index (χ4n) is 1.41. The summed E-state index contributed by atoms with van der Waals surface area (Å²) in [6.45, 7) is 0. The van der Waals surface area contributed by atoms with Crippen molar-refractivity contribution in [3.63, 3.8) is 0 Å². The fraction of sp³-hybridized carbons (Fsp3) is 0.200. The minimum absolute atomic E-state index is 0.00264. The van der Waals surface area contributed by atoms with E-state index in [1.807, 2.05) is 17.5 Å². The van der Waals surface area contributed by atoms with E-state index >= 15 is 0 Å². The third-order valence-electron chi connectivity index (χ3n) is 2.08. The number of aromatic nitrogens is 1. The van der Waals surface area contributed by atoms with Gasteiger partial charge in [0.15, 0.2) is 11.5 Å². The van der Waals surface area contributed by atoms with Gasteiger partial charge in [0.25, 0.3) is 0 Å². The molecule has 1 N–H and O–H groups in total. The average molecular weight is 302 g/mol. The number of rotatable bonds is 4. The van der Waals surface area contributed by atoms with Crippen LogP contribution in [0.3, 0.4) is 0 Å². The van der Waals surface area contributed by atoms with Crippen LogP contribution < -0.4 is 0 Å². The van der Waals surface area contributed by atoms with Crippen molar-refractivity contribution >= 4 is 33.2 Å². The van der Waals surface area contributed by atoms with E-state index in [-0.39, 0.29) is 5.69 Å². The largest absolute Gasteiger partial charge is 0.476 e. The van der Waals surface area contributed by atoms with Gasteiger partial charge in [-0.15, -0.1) is 11.3 Å². The molecule has 2 rings (SSSR count). The quantitative estimate of drug-likeness (QED) is 0.882. The lowest BCUT2D eigenvalue weighted by Gasteiger charge is -1.96. The third-order valence-corrected chi connectivity index (χ3v) is 3.35. The first-order valence-electron chi connectivity index (χ1n) is 4.55. The first-order valence-corrected chi connectivity index (χ1v) is 6.56. The molecule has 0 aliphatic heterocycles. The van der Waals surface area contributed by atoms with Gasteiger partial charge in [-0.3, -0.25) is 0 Å². The van der Waals surface area contributed by atoms with Crippen LogP contribution in [0.1, 0.15) is 16.1 Å². The van der Waals surface area contributed by atoms with E-state index in [0.29, 0.717) is 23.1 Å². The standard InChI is InChI=1S/C10H8BrNO3S/c11-4-3-6-8(10(13)14)12-15-9(6)7-2-1-5-16-7/h1-2,5H,3-4H2,(H,13,14). The Morgan fingerprint density at radius 3 is 3.00 bits per heavy atom. The number of halogens is 1. The topological polar surface area (TPSA) is 63.3 Å². The minimum Gasteiger partial charge on any atom is -0.476 e. The highest BCUT2D eigenvalue weighted by molar-refractivity contribution is 9.09. The van der Waals surface area contributed by atoms with Crippen LogP contribution in [-0.2, 0) is 6.42 Å². The van der Waals surface area contributed by atoms with Crippen molar-refractivity contribution in [2.75, 3.05) is 5.33 Å². The van der Waals surface area contributed by atoms with Gasteiger partial charge < -0.3 is 9.63 Å². The maximum atomic E-state index is 10.9. The predicted octanol–water partition coefficient (Wildman–Crippen LogP) is 3.04. The van der Waals surface area contributed by atoms with Crippen LogP contribution in [0.2, 0.25) is 0 Å². The Morgan fingerprint density at radius 1 is 1.62 bits per heavy atom. The lowest BCUT2D eigenvalue weighted by molar-refractivity contribution is 0.0685. The van der Waals surface area contributed by atoms with E-state index in [2.05, 4.69) is 21.1 Å². The van der Waals surface area contributed by atoms with Crippen LogP contribution in [0.15, 0.2) is 22.0 Å². The van der Waals surface area contributed by atoms with Crippen molar-refractivity contribution in [2.24, 2.45) is 0 Å². The van der Waals surface area contributed by atoms with Crippen molar-refractivity contribution in [1.29, 1.82) is 0 Å². The van der Waals surface area contributed by atoms with Crippen molar-refractivity contribution in [2.45, 2.75) is 6.42 Å². The highest BCUT2D eigenvalue weighted by Gasteiger charge is 2.22. The molecule has 0 saturated heterocycles.